The number of ether oxygens (including phenoxy) is 1. The van der Waals surface area contributed by atoms with Gasteiger partial charge in [-0.3, -0.25) is 4.79 Å². The number of aliphatic hydroxyl groups excluding tert-OH is 1. The van der Waals surface area contributed by atoms with Crippen LogP contribution in [0.2, 0.25) is 0 Å². The van der Waals surface area contributed by atoms with Crippen LogP contribution in [-0.2, 0) is 6.54 Å². The van der Waals surface area contributed by atoms with Crippen LogP contribution in [0.5, 0.6) is 5.75 Å². The summed E-state index contributed by atoms with van der Waals surface area (Å²) in [4.78, 5) is 13.0. The van der Waals surface area contributed by atoms with Gasteiger partial charge in [-0.05, 0) is 61.7 Å². The lowest BCUT2D eigenvalue weighted by atomic mass is 10.0. The molecule has 2 aromatic carbocycles. The lowest BCUT2D eigenvalue weighted by Crippen LogP contribution is -2.24. The number of hydrogen-bond donors (Lipinski definition) is 1. The highest BCUT2D eigenvalue weighted by Gasteiger charge is 2.13. The molecular formula is C24H25N3O3. The van der Waals surface area contributed by atoms with E-state index in [4.69, 9.17) is 4.74 Å². The number of rotatable bonds is 6. The maximum absolute atomic E-state index is 13.0. The molecule has 0 aliphatic rings. The maximum atomic E-state index is 13.0. The van der Waals surface area contributed by atoms with E-state index in [2.05, 4.69) is 31.1 Å². The van der Waals surface area contributed by atoms with E-state index in [9.17, 15) is 9.90 Å². The van der Waals surface area contributed by atoms with Crippen molar-refractivity contribution >= 4 is 5.52 Å². The van der Waals surface area contributed by atoms with Crippen LogP contribution < -0.4 is 10.3 Å². The highest BCUT2D eigenvalue weighted by atomic mass is 16.5. The predicted molar refractivity (Wildman–Crippen MR) is 117 cm³/mol. The molecule has 0 fully saturated rings. The van der Waals surface area contributed by atoms with Crippen molar-refractivity contribution in [3.63, 3.8) is 0 Å². The fraction of sp³-hybridized carbons (Fsp3) is 0.250. The summed E-state index contributed by atoms with van der Waals surface area (Å²) < 4.78 is 8.54. The molecular weight excluding hydrogens is 378 g/mol. The van der Waals surface area contributed by atoms with E-state index in [1.807, 2.05) is 37.3 Å². The minimum Gasteiger partial charge on any atom is -0.494 e. The molecule has 4 rings (SSSR count). The summed E-state index contributed by atoms with van der Waals surface area (Å²) in [5, 5.41) is 15.2. The Hall–Kier alpha value is -3.38. The summed E-state index contributed by atoms with van der Waals surface area (Å²) in [6.07, 6.45) is 2.60. The number of nitrogens with zero attached hydrogens (tertiary/aromatic N) is 3. The standard InChI is InChI=1S/C24H25N3O3/c1-4-30-20-9-7-18(8-10-20)23(28)15-26-11-12-27-22(24(26)29)14-21(25-27)19-6-5-16(2)17(3)13-19/h5-14,23,28H,4,15H2,1-3H3/t23-/m1/s1. The minimum absolute atomic E-state index is 0.160. The lowest BCUT2D eigenvalue weighted by Gasteiger charge is -2.14. The Kier molecular flexibility index (Phi) is 5.42. The Morgan fingerprint density at radius 2 is 1.80 bits per heavy atom. The first-order valence-electron chi connectivity index (χ1n) is 10.0. The second-order valence-electron chi connectivity index (χ2n) is 7.43. The topological polar surface area (TPSA) is 68.8 Å². The molecule has 154 valence electrons. The van der Waals surface area contributed by atoms with Crippen LogP contribution in [0.15, 0.2) is 65.7 Å². The van der Waals surface area contributed by atoms with E-state index in [1.54, 1.807) is 23.0 Å². The van der Waals surface area contributed by atoms with Gasteiger partial charge in [0.25, 0.3) is 5.56 Å². The summed E-state index contributed by atoms with van der Waals surface area (Å²) in [5.41, 5.74) is 5.14. The summed E-state index contributed by atoms with van der Waals surface area (Å²) in [6, 6.07) is 15.2. The van der Waals surface area contributed by atoms with Crippen molar-refractivity contribution in [2.45, 2.75) is 33.4 Å². The van der Waals surface area contributed by atoms with E-state index in [0.717, 1.165) is 22.6 Å². The zero-order chi connectivity index (χ0) is 21.3. The van der Waals surface area contributed by atoms with Gasteiger partial charge in [0, 0.05) is 18.0 Å². The monoisotopic (exact) mass is 403 g/mol. The van der Waals surface area contributed by atoms with Gasteiger partial charge in [-0.1, -0.05) is 24.3 Å². The van der Waals surface area contributed by atoms with Gasteiger partial charge < -0.3 is 14.4 Å². The average molecular weight is 403 g/mol. The highest BCUT2D eigenvalue weighted by molar-refractivity contribution is 5.66. The van der Waals surface area contributed by atoms with Crippen LogP contribution in [-0.4, -0.2) is 25.9 Å². The zero-order valence-electron chi connectivity index (χ0n) is 17.4. The van der Waals surface area contributed by atoms with Crippen molar-refractivity contribution in [3.8, 4) is 17.0 Å². The zero-order valence-corrected chi connectivity index (χ0v) is 17.4. The average Bonchev–Trinajstić information content (AvgIpc) is 3.18. The van der Waals surface area contributed by atoms with Crippen molar-refractivity contribution in [1.82, 2.24) is 14.2 Å². The second kappa shape index (κ2) is 8.16. The van der Waals surface area contributed by atoms with Crippen LogP contribution in [0.4, 0.5) is 0 Å². The van der Waals surface area contributed by atoms with E-state index in [1.165, 1.54) is 15.7 Å². The fourth-order valence-electron chi connectivity index (χ4n) is 3.46. The summed E-state index contributed by atoms with van der Waals surface area (Å²) in [5.74, 6) is 0.755. The molecule has 0 saturated carbocycles. The normalized spacial score (nSPS) is 12.3. The van der Waals surface area contributed by atoms with Gasteiger partial charge in [0.2, 0.25) is 0 Å². The number of aryl methyl sites for hydroxylation is 2. The van der Waals surface area contributed by atoms with Gasteiger partial charge in [-0.2, -0.15) is 5.10 Å². The first-order valence-corrected chi connectivity index (χ1v) is 10.0. The molecule has 0 spiro atoms. The molecule has 2 aromatic heterocycles. The quantitative estimate of drug-likeness (QED) is 0.530. The van der Waals surface area contributed by atoms with E-state index < -0.39 is 6.10 Å². The number of aliphatic hydroxyl groups is 1. The summed E-state index contributed by atoms with van der Waals surface area (Å²) in [7, 11) is 0. The summed E-state index contributed by atoms with van der Waals surface area (Å²) in [6.45, 7) is 6.80. The molecule has 6 heteroatoms. The number of aromatic nitrogens is 3. The van der Waals surface area contributed by atoms with E-state index in [-0.39, 0.29) is 12.1 Å². The Morgan fingerprint density at radius 1 is 1.03 bits per heavy atom. The Balaban J connectivity index is 1.61. The molecule has 1 atom stereocenters. The molecule has 0 bridgehead atoms. The van der Waals surface area contributed by atoms with E-state index in [0.29, 0.717) is 12.1 Å². The van der Waals surface area contributed by atoms with Crippen molar-refractivity contribution in [2.24, 2.45) is 0 Å². The molecule has 1 N–H and O–H groups in total. The smallest absolute Gasteiger partial charge is 0.276 e. The van der Waals surface area contributed by atoms with Crippen LogP contribution in [0.25, 0.3) is 16.8 Å². The second-order valence-corrected chi connectivity index (χ2v) is 7.43. The van der Waals surface area contributed by atoms with Crippen molar-refractivity contribution in [2.75, 3.05) is 6.61 Å². The third-order valence-electron chi connectivity index (χ3n) is 5.35. The molecule has 0 saturated heterocycles. The van der Waals surface area contributed by atoms with Gasteiger partial charge in [-0.15, -0.1) is 0 Å². The molecule has 0 aliphatic carbocycles. The minimum atomic E-state index is -0.803. The molecule has 4 aromatic rings. The van der Waals surface area contributed by atoms with Crippen molar-refractivity contribution < 1.29 is 9.84 Å². The molecule has 0 amide bonds. The first kappa shape index (κ1) is 19.9. The number of benzene rings is 2. The third-order valence-corrected chi connectivity index (χ3v) is 5.35. The third kappa shape index (κ3) is 3.86. The van der Waals surface area contributed by atoms with Gasteiger partial charge >= 0.3 is 0 Å². The van der Waals surface area contributed by atoms with Crippen LogP contribution in [0, 0.1) is 13.8 Å². The highest BCUT2D eigenvalue weighted by Crippen LogP contribution is 2.22. The predicted octanol–water partition coefficient (Wildman–Crippen LogP) is 3.91. The SMILES string of the molecule is CCOc1ccc([C@H](O)Cn2ccn3nc(-c4ccc(C)c(C)c4)cc3c2=O)cc1. The number of hydrogen-bond acceptors (Lipinski definition) is 4. The Bertz CT molecular complexity index is 1240. The van der Waals surface area contributed by atoms with Crippen LogP contribution in [0.3, 0.4) is 0 Å². The fourth-order valence-corrected chi connectivity index (χ4v) is 3.46. The molecule has 0 aliphatic heterocycles. The van der Waals surface area contributed by atoms with Crippen LogP contribution >= 0.6 is 0 Å². The summed E-state index contributed by atoms with van der Waals surface area (Å²) >= 11 is 0. The van der Waals surface area contributed by atoms with Gasteiger partial charge in [0.15, 0.2) is 0 Å². The molecule has 0 radical (unpaired) electrons. The van der Waals surface area contributed by atoms with E-state index >= 15 is 0 Å². The van der Waals surface area contributed by atoms with Gasteiger partial charge in [-0.25, -0.2) is 4.52 Å². The molecule has 0 unspecified atom stereocenters. The van der Waals surface area contributed by atoms with Crippen molar-refractivity contribution in [3.05, 3.63) is 88.0 Å². The molecule has 30 heavy (non-hydrogen) atoms. The maximum Gasteiger partial charge on any atom is 0.276 e. The first-order chi connectivity index (χ1) is 14.5. The van der Waals surface area contributed by atoms with Gasteiger partial charge in [0.1, 0.15) is 11.3 Å². The van der Waals surface area contributed by atoms with Gasteiger partial charge in [0.05, 0.1) is 24.9 Å². The largest absolute Gasteiger partial charge is 0.494 e. The Labute approximate surface area is 175 Å². The molecule has 6 nitrogen and oxygen atoms in total. The lowest BCUT2D eigenvalue weighted by molar-refractivity contribution is 0.155. The number of fused-ring (bicyclic) bond motifs is 1. The van der Waals surface area contributed by atoms with Crippen LogP contribution in [0.1, 0.15) is 29.7 Å². The van der Waals surface area contributed by atoms with Crippen molar-refractivity contribution in [1.29, 1.82) is 0 Å². The Morgan fingerprint density at radius 3 is 2.50 bits per heavy atom. The molecule has 2 heterocycles.